The van der Waals surface area contributed by atoms with Crippen LogP contribution in [0.3, 0.4) is 0 Å². The van der Waals surface area contributed by atoms with E-state index in [4.69, 9.17) is 0 Å². The van der Waals surface area contributed by atoms with Crippen molar-refractivity contribution in [1.29, 1.82) is 0 Å². The third-order valence-electron chi connectivity index (χ3n) is 2.84. The fraction of sp³-hybridized carbons (Fsp3) is 0.429. The zero-order valence-corrected chi connectivity index (χ0v) is 12.9. The second kappa shape index (κ2) is 7.62. The average Bonchev–Trinajstić information content (AvgIpc) is 2.93. The highest BCUT2D eigenvalue weighted by molar-refractivity contribution is 8.00. The molecule has 19 heavy (non-hydrogen) atoms. The summed E-state index contributed by atoms with van der Waals surface area (Å²) >= 11 is 3.23. The van der Waals surface area contributed by atoms with Crippen LogP contribution in [0, 0.1) is 6.92 Å². The molecule has 0 saturated heterocycles. The number of nitrogens with one attached hydrogen (secondary N) is 1. The normalized spacial score (nSPS) is 12.5. The van der Waals surface area contributed by atoms with Crippen LogP contribution in [0.4, 0.5) is 0 Å². The molecule has 0 aliphatic heterocycles. The molecule has 2 rings (SSSR count). The van der Waals surface area contributed by atoms with Crippen molar-refractivity contribution < 1.29 is 0 Å². The number of rotatable bonds is 7. The van der Waals surface area contributed by atoms with Gasteiger partial charge in [-0.05, 0) is 37.0 Å². The Bertz CT molecular complexity index is 468. The van der Waals surface area contributed by atoms with E-state index in [0.717, 1.165) is 23.1 Å². The molecule has 0 bridgehead atoms. The highest BCUT2D eigenvalue weighted by Crippen LogP contribution is 2.25. The van der Waals surface area contributed by atoms with E-state index in [9.17, 15) is 0 Å². The standard InChI is InChI=1S/C14H19N3S2/c1-3-8-15-13(9-18-14-16-10-17-19-14)12-6-4-11(2)5-7-12/h4-7,10,13,15H,3,8-9H2,1-2H3. The van der Waals surface area contributed by atoms with Crippen molar-refractivity contribution in [3.8, 4) is 0 Å². The van der Waals surface area contributed by atoms with Gasteiger partial charge in [0.1, 0.15) is 6.33 Å². The first-order chi connectivity index (χ1) is 9.29. The Hall–Kier alpha value is -0.910. The van der Waals surface area contributed by atoms with Crippen molar-refractivity contribution in [2.24, 2.45) is 0 Å². The first-order valence-corrected chi connectivity index (χ1v) is 8.25. The number of nitrogens with zero attached hydrogens (tertiary/aromatic N) is 2. The van der Waals surface area contributed by atoms with Crippen LogP contribution in [-0.4, -0.2) is 21.7 Å². The van der Waals surface area contributed by atoms with Crippen molar-refractivity contribution in [3.63, 3.8) is 0 Å². The lowest BCUT2D eigenvalue weighted by Crippen LogP contribution is -2.24. The first kappa shape index (κ1) is 14.5. The Morgan fingerprint density at radius 3 is 2.74 bits per heavy atom. The van der Waals surface area contributed by atoms with Gasteiger partial charge in [-0.1, -0.05) is 48.5 Å². The van der Waals surface area contributed by atoms with Crippen LogP contribution in [-0.2, 0) is 0 Å². The molecule has 0 fully saturated rings. The van der Waals surface area contributed by atoms with Gasteiger partial charge in [-0.15, -0.1) is 0 Å². The predicted octanol–water partition coefficient (Wildman–Crippen LogP) is 3.68. The molecule has 1 aromatic carbocycles. The lowest BCUT2D eigenvalue weighted by atomic mass is 10.1. The molecule has 3 nitrogen and oxygen atoms in total. The highest BCUT2D eigenvalue weighted by atomic mass is 32.2. The molecule has 0 aliphatic carbocycles. The molecule has 1 aromatic heterocycles. The highest BCUT2D eigenvalue weighted by Gasteiger charge is 2.12. The molecule has 0 radical (unpaired) electrons. The van der Waals surface area contributed by atoms with Crippen molar-refractivity contribution in [2.75, 3.05) is 12.3 Å². The smallest absolute Gasteiger partial charge is 0.169 e. The lowest BCUT2D eigenvalue weighted by molar-refractivity contribution is 0.577. The van der Waals surface area contributed by atoms with E-state index in [1.165, 1.54) is 22.7 Å². The monoisotopic (exact) mass is 293 g/mol. The second-order valence-corrected chi connectivity index (χ2v) is 6.48. The molecule has 1 heterocycles. The number of benzene rings is 1. The Kier molecular flexibility index (Phi) is 5.82. The predicted molar refractivity (Wildman–Crippen MR) is 82.8 cm³/mol. The van der Waals surface area contributed by atoms with E-state index in [1.807, 2.05) is 0 Å². The number of hydrogen-bond donors (Lipinski definition) is 1. The molecule has 0 saturated carbocycles. The van der Waals surface area contributed by atoms with Crippen LogP contribution in [0.2, 0.25) is 0 Å². The van der Waals surface area contributed by atoms with Gasteiger partial charge in [-0.3, -0.25) is 0 Å². The van der Waals surface area contributed by atoms with Gasteiger partial charge in [-0.25, -0.2) is 4.98 Å². The quantitative estimate of drug-likeness (QED) is 0.790. The van der Waals surface area contributed by atoms with Gasteiger partial charge in [0.25, 0.3) is 0 Å². The Labute approximate surface area is 123 Å². The summed E-state index contributed by atoms with van der Waals surface area (Å²) < 4.78 is 5.07. The molecule has 1 atom stereocenters. The minimum Gasteiger partial charge on any atom is -0.309 e. The van der Waals surface area contributed by atoms with E-state index < -0.39 is 0 Å². The molecule has 0 aliphatic rings. The molecule has 0 spiro atoms. The summed E-state index contributed by atoms with van der Waals surface area (Å²) in [6.45, 7) is 5.35. The fourth-order valence-corrected chi connectivity index (χ4v) is 3.34. The molecule has 102 valence electrons. The summed E-state index contributed by atoms with van der Waals surface area (Å²) in [6.07, 6.45) is 2.76. The molecule has 5 heteroatoms. The van der Waals surface area contributed by atoms with Crippen LogP contribution in [0.25, 0.3) is 0 Å². The molecular formula is C14H19N3S2. The summed E-state index contributed by atoms with van der Waals surface area (Å²) in [5.41, 5.74) is 2.64. The average molecular weight is 293 g/mol. The van der Waals surface area contributed by atoms with Gasteiger partial charge in [0.15, 0.2) is 4.34 Å². The van der Waals surface area contributed by atoms with Crippen molar-refractivity contribution in [2.45, 2.75) is 30.6 Å². The first-order valence-electron chi connectivity index (χ1n) is 6.49. The minimum atomic E-state index is 0.370. The molecule has 0 amide bonds. The van der Waals surface area contributed by atoms with Gasteiger partial charge in [0.2, 0.25) is 0 Å². The second-order valence-electron chi connectivity index (χ2n) is 4.44. The van der Waals surface area contributed by atoms with Crippen LogP contribution >= 0.6 is 23.3 Å². The summed E-state index contributed by atoms with van der Waals surface area (Å²) in [7, 11) is 0. The van der Waals surface area contributed by atoms with Crippen LogP contribution in [0.15, 0.2) is 34.9 Å². The largest absolute Gasteiger partial charge is 0.309 e. The number of aryl methyl sites for hydroxylation is 1. The molecule has 1 unspecified atom stereocenters. The maximum absolute atomic E-state index is 4.22. The third-order valence-corrected chi connectivity index (χ3v) is 4.73. The van der Waals surface area contributed by atoms with E-state index >= 15 is 0 Å². The lowest BCUT2D eigenvalue weighted by Gasteiger charge is -2.18. The molecule has 2 aromatic rings. The number of hydrogen-bond acceptors (Lipinski definition) is 5. The van der Waals surface area contributed by atoms with E-state index in [1.54, 1.807) is 18.1 Å². The van der Waals surface area contributed by atoms with E-state index in [-0.39, 0.29) is 0 Å². The van der Waals surface area contributed by atoms with Crippen molar-refractivity contribution in [3.05, 3.63) is 41.7 Å². The van der Waals surface area contributed by atoms with E-state index in [0.29, 0.717) is 6.04 Å². The van der Waals surface area contributed by atoms with Crippen molar-refractivity contribution >= 4 is 23.3 Å². The van der Waals surface area contributed by atoms with Gasteiger partial charge in [0.05, 0.1) is 0 Å². The number of thioether (sulfide) groups is 1. The Balaban J connectivity index is 2.00. The Morgan fingerprint density at radius 2 is 2.11 bits per heavy atom. The van der Waals surface area contributed by atoms with Gasteiger partial charge in [-0.2, -0.15) is 4.37 Å². The summed E-state index contributed by atoms with van der Waals surface area (Å²) in [5.74, 6) is 0.984. The maximum Gasteiger partial charge on any atom is 0.169 e. The molecule has 1 N–H and O–H groups in total. The fourth-order valence-electron chi connectivity index (χ4n) is 1.77. The van der Waals surface area contributed by atoms with Crippen LogP contribution < -0.4 is 5.32 Å². The zero-order valence-electron chi connectivity index (χ0n) is 11.3. The maximum atomic E-state index is 4.22. The topological polar surface area (TPSA) is 37.8 Å². The van der Waals surface area contributed by atoms with Crippen molar-refractivity contribution in [1.82, 2.24) is 14.7 Å². The SMILES string of the molecule is CCCNC(CSc1ncns1)c1ccc(C)cc1. The summed E-state index contributed by atoms with van der Waals surface area (Å²) in [5, 5.41) is 3.60. The van der Waals surface area contributed by atoms with Crippen LogP contribution in [0.1, 0.15) is 30.5 Å². The number of aromatic nitrogens is 2. The minimum absolute atomic E-state index is 0.370. The van der Waals surface area contributed by atoms with Gasteiger partial charge in [0, 0.05) is 11.8 Å². The molecular weight excluding hydrogens is 274 g/mol. The van der Waals surface area contributed by atoms with E-state index in [2.05, 4.69) is 52.8 Å². The van der Waals surface area contributed by atoms with Gasteiger partial charge >= 0.3 is 0 Å². The van der Waals surface area contributed by atoms with Crippen LogP contribution in [0.5, 0.6) is 0 Å². The Morgan fingerprint density at radius 1 is 1.32 bits per heavy atom. The zero-order chi connectivity index (χ0) is 13.5. The summed E-state index contributed by atoms with van der Waals surface area (Å²) in [4.78, 5) is 4.22. The summed E-state index contributed by atoms with van der Waals surface area (Å²) in [6, 6.07) is 9.14. The van der Waals surface area contributed by atoms with Gasteiger partial charge < -0.3 is 5.32 Å². The third kappa shape index (κ3) is 4.60.